The van der Waals surface area contributed by atoms with Crippen molar-refractivity contribution in [2.45, 2.75) is 101 Å². The average molecular weight is 526 g/mol. The Kier molecular flexibility index (Phi) is 9.22. The van der Waals surface area contributed by atoms with Crippen LogP contribution in [-0.4, -0.2) is 61.0 Å². The summed E-state index contributed by atoms with van der Waals surface area (Å²) in [6.07, 6.45) is 20.5. The van der Waals surface area contributed by atoms with Gasteiger partial charge in [-0.2, -0.15) is 0 Å². The van der Waals surface area contributed by atoms with E-state index in [0.29, 0.717) is 19.1 Å². The van der Waals surface area contributed by atoms with Gasteiger partial charge in [0.2, 0.25) is 5.91 Å². The van der Waals surface area contributed by atoms with E-state index in [4.69, 9.17) is 19.9 Å². The molecule has 8 nitrogen and oxygen atoms in total. The zero-order valence-corrected chi connectivity index (χ0v) is 22.4. The summed E-state index contributed by atoms with van der Waals surface area (Å²) < 4.78 is 17.0. The molecule has 0 aromatic rings. The van der Waals surface area contributed by atoms with Crippen molar-refractivity contribution in [3.8, 4) is 0 Å². The van der Waals surface area contributed by atoms with Gasteiger partial charge >= 0.3 is 6.09 Å². The van der Waals surface area contributed by atoms with Crippen LogP contribution in [0.15, 0.2) is 47.4 Å². The van der Waals surface area contributed by atoms with Crippen molar-refractivity contribution in [2.24, 2.45) is 11.7 Å². The quantitative estimate of drug-likeness (QED) is 0.479. The molecule has 0 bridgehead atoms. The van der Waals surface area contributed by atoms with Crippen molar-refractivity contribution in [1.82, 2.24) is 10.2 Å². The maximum absolute atomic E-state index is 13.8. The Morgan fingerprint density at radius 3 is 2.61 bits per heavy atom. The number of rotatable bonds is 8. The summed E-state index contributed by atoms with van der Waals surface area (Å²) in [7, 11) is 0. The molecule has 0 aromatic heterocycles. The number of hydrogen-bond acceptors (Lipinski definition) is 6. The van der Waals surface area contributed by atoms with Gasteiger partial charge < -0.3 is 24.8 Å². The van der Waals surface area contributed by atoms with Crippen LogP contribution in [0.4, 0.5) is 4.79 Å². The molecule has 1 aliphatic heterocycles. The molecule has 3 atom stereocenters. The van der Waals surface area contributed by atoms with E-state index in [9.17, 15) is 9.59 Å². The number of carbonyl (C=O) groups excluding carboxylic acids is 2. The van der Waals surface area contributed by atoms with Crippen LogP contribution < -0.4 is 11.1 Å². The highest BCUT2D eigenvalue weighted by Crippen LogP contribution is 2.38. The summed E-state index contributed by atoms with van der Waals surface area (Å²) >= 11 is 0. The molecule has 3 N–H and O–H groups in total. The van der Waals surface area contributed by atoms with E-state index < -0.39 is 6.09 Å². The maximum atomic E-state index is 13.8. The third kappa shape index (κ3) is 7.29. The van der Waals surface area contributed by atoms with Crippen LogP contribution in [0.3, 0.4) is 0 Å². The van der Waals surface area contributed by atoms with E-state index in [1.165, 1.54) is 0 Å². The van der Waals surface area contributed by atoms with Crippen LogP contribution in [-0.2, 0) is 19.0 Å². The number of hydrogen-bond donors (Lipinski definition) is 2. The van der Waals surface area contributed by atoms with Gasteiger partial charge in [-0.1, -0.05) is 18.2 Å². The molecule has 3 unspecified atom stereocenters. The highest BCUT2D eigenvalue weighted by atomic mass is 16.5. The largest absolute Gasteiger partial charge is 0.495 e. The maximum Gasteiger partial charge on any atom is 0.411 e. The van der Waals surface area contributed by atoms with Crippen molar-refractivity contribution >= 4 is 12.0 Å². The number of nitrogens with two attached hydrogens (primary N) is 1. The van der Waals surface area contributed by atoms with Crippen molar-refractivity contribution < 1.29 is 23.8 Å². The van der Waals surface area contributed by atoms with Crippen LogP contribution >= 0.6 is 0 Å². The molecule has 8 heteroatoms. The summed E-state index contributed by atoms with van der Waals surface area (Å²) in [6.45, 7) is 1.84. The Bertz CT molecular complexity index is 976. The summed E-state index contributed by atoms with van der Waals surface area (Å²) in [5.41, 5.74) is 8.50. The highest BCUT2D eigenvalue weighted by Gasteiger charge is 2.42. The van der Waals surface area contributed by atoms with Crippen molar-refractivity contribution in [2.75, 3.05) is 19.8 Å². The fourth-order valence-electron chi connectivity index (χ4n) is 5.98. The van der Waals surface area contributed by atoms with Crippen LogP contribution in [0.2, 0.25) is 0 Å². The molecular formula is C30H43N3O5. The third-order valence-electron chi connectivity index (χ3n) is 8.42. The lowest BCUT2D eigenvalue weighted by atomic mass is 9.85. The van der Waals surface area contributed by atoms with Gasteiger partial charge in [-0.15, -0.1) is 0 Å². The van der Waals surface area contributed by atoms with E-state index in [2.05, 4.69) is 22.4 Å². The third-order valence-corrected chi connectivity index (χ3v) is 8.42. The molecule has 0 spiro atoms. The number of ether oxygens (including phenoxy) is 3. The molecule has 5 rings (SSSR count). The van der Waals surface area contributed by atoms with Gasteiger partial charge in [0.15, 0.2) is 0 Å². The van der Waals surface area contributed by atoms with E-state index in [1.54, 1.807) is 6.20 Å². The molecule has 1 heterocycles. The second-order valence-electron chi connectivity index (χ2n) is 11.3. The highest BCUT2D eigenvalue weighted by molar-refractivity contribution is 5.80. The minimum Gasteiger partial charge on any atom is -0.495 e. The van der Waals surface area contributed by atoms with Crippen molar-refractivity contribution in [1.29, 1.82) is 0 Å². The number of nitrogens with zero attached hydrogens (tertiary/aromatic N) is 1. The van der Waals surface area contributed by atoms with E-state index in [0.717, 1.165) is 101 Å². The second-order valence-corrected chi connectivity index (χ2v) is 11.3. The van der Waals surface area contributed by atoms with Crippen LogP contribution in [0.25, 0.3) is 0 Å². The van der Waals surface area contributed by atoms with Crippen LogP contribution in [0.1, 0.15) is 77.0 Å². The zero-order valence-electron chi connectivity index (χ0n) is 22.4. The second kappa shape index (κ2) is 13.0. The predicted molar refractivity (Wildman–Crippen MR) is 145 cm³/mol. The molecule has 4 aliphatic carbocycles. The molecule has 0 aromatic carbocycles. The lowest BCUT2D eigenvalue weighted by Gasteiger charge is -2.40. The van der Waals surface area contributed by atoms with Crippen molar-refractivity contribution in [3.63, 3.8) is 0 Å². The average Bonchev–Trinajstić information content (AvgIpc) is 3.79. The normalized spacial score (nSPS) is 29.3. The van der Waals surface area contributed by atoms with Gasteiger partial charge in [0.05, 0.1) is 19.0 Å². The van der Waals surface area contributed by atoms with Gasteiger partial charge in [-0.3, -0.25) is 10.1 Å². The van der Waals surface area contributed by atoms with E-state index in [-0.39, 0.29) is 30.0 Å². The lowest BCUT2D eigenvalue weighted by Crippen LogP contribution is -2.49. The van der Waals surface area contributed by atoms with Gasteiger partial charge in [-0.05, 0) is 75.0 Å². The van der Waals surface area contributed by atoms with Crippen LogP contribution in [0, 0.1) is 5.92 Å². The first-order chi connectivity index (χ1) is 18.6. The summed E-state index contributed by atoms with van der Waals surface area (Å²) in [5.74, 6) is 1.33. The number of nitrogens with one attached hydrogen (secondary N) is 1. The Morgan fingerprint density at radius 2 is 1.89 bits per heavy atom. The number of alkyl carbamates (subject to hydrolysis) is 1. The van der Waals surface area contributed by atoms with Crippen molar-refractivity contribution in [3.05, 3.63) is 47.4 Å². The SMILES string of the molecule is NC1CCC(N(C(=O)C2CC=C(OC3CCOCC3)CC2)C2CC2)C/C1=C/NC(=O)OCC1=CC=CCC1. The monoisotopic (exact) mass is 525 g/mol. The Hall–Kier alpha value is -2.58. The van der Waals surface area contributed by atoms with Gasteiger partial charge in [0.1, 0.15) is 12.7 Å². The molecule has 2 saturated carbocycles. The molecular weight excluding hydrogens is 482 g/mol. The first kappa shape index (κ1) is 27.0. The Labute approximate surface area is 226 Å². The zero-order chi connectivity index (χ0) is 26.3. The Balaban J connectivity index is 1.14. The smallest absolute Gasteiger partial charge is 0.411 e. The summed E-state index contributed by atoms with van der Waals surface area (Å²) in [6, 6.07) is 0.348. The van der Waals surface area contributed by atoms with Crippen LogP contribution in [0.5, 0.6) is 0 Å². The molecule has 2 amide bonds. The molecule has 5 aliphatic rings. The fourth-order valence-corrected chi connectivity index (χ4v) is 5.98. The van der Waals surface area contributed by atoms with Gasteiger partial charge in [0.25, 0.3) is 0 Å². The molecule has 208 valence electrons. The molecule has 0 radical (unpaired) electrons. The van der Waals surface area contributed by atoms with E-state index in [1.807, 2.05) is 12.2 Å². The standard InChI is InChI=1S/C30H43N3O5/c31-28-13-10-25(18-23(28)19-32-30(35)37-20-21-4-2-1-3-5-21)33(24-8-9-24)29(34)22-6-11-26(12-7-22)38-27-14-16-36-17-15-27/h1-2,4,11,19,22,24-25,27-28H,3,5-10,12-18,20,31H2,(H,32,35)/b23-19-. The lowest BCUT2D eigenvalue weighted by molar-refractivity contribution is -0.139. The van der Waals surface area contributed by atoms with Gasteiger partial charge in [0, 0.05) is 49.5 Å². The Morgan fingerprint density at radius 1 is 1.08 bits per heavy atom. The predicted octanol–water partition coefficient (Wildman–Crippen LogP) is 4.62. The molecule has 1 saturated heterocycles. The number of amides is 2. The summed E-state index contributed by atoms with van der Waals surface area (Å²) in [4.78, 5) is 28.2. The fraction of sp³-hybridized carbons (Fsp3) is 0.667. The number of carbonyl (C=O) groups is 2. The number of allylic oxidation sites excluding steroid dienone is 5. The topological polar surface area (TPSA) is 103 Å². The first-order valence-corrected chi connectivity index (χ1v) is 14.5. The molecule has 3 fully saturated rings. The molecule has 38 heavy (non-hydrogen) atoms. The minimum atomic E-state index is -0.467. The van der Waals surface area contributed by atoms with E-state index >= 15 is 0 Å². The summed E-state index contributed by atoms with van der Waals surface area (Å²) in [5, 5.41) is 2.78. The first-order valence-electron chi connectivity index (χ1n) is 14.5. The van der Waals surface area contributed by atoms with Gasteiger partial charge in [-0.25, -0.2) is 4.79 Å². The minimum absolute atomic E-state index is 0.0118.